The molecule has 4 nitrogen and oxygen atoms in total. The summed E-state index contributed by atoms with van der Waals surface area (Å²) < 4.78 is 12.1. The number of hydrogen-bond acceptors (Lipinski definition) is 3. The van der Waals surface area contributed by atoms with Gasteiger partial charge in [0.1, 0.15) is 5.75 Å². The summed E-state index contributed by atoms with van der Waals surface area (Å²) in [5, 5.41) is 2.95. The number of aryl methyl sites for hydroxylation is 1. The minimum atomic E-state index is -1.30. The number of nitrogen functional groups attached to an aromatic ring is 1. The average Bonchev–Trinajstić information content (AvgIpc) is 2.85. The Morgan fingerprint density at radius 2 is 2.11 bits per heavy atom. The van der Waals surface area contributed by atoms with Crippen LogP contribution in [0.15, 0.2) is 23.1 Å². The number of anilines is 1. The topological polar surface area (TPSA) is 72.2 Å². The van der Waals surface area contributed by atoms with Crippen LogP contribution in [0.1, 0.15) is 31.2 Å². The molecule has 19 heavy (non-hydrogen) atoms. The molecule has 1 unspecified atom stereocenters. The molecular formula is C14H20N2O2S. The molecule has 2 rings (SSSR count). The molecule has 5 heteroatoms. The van der Waals surface area contributed by atoms with Crippen LogP contribution in [-0.2, 0) is 15.6 Å². The molecule has 1 aliphatic rings. The first-order valence-electron chi connectivity index (χ1n) is 6.60. The highest BCUT2D eigenvalue weighted by Crippen LogP contribution is 2.18. The van der Waals surface area contributed by atoms with Crippen molar-refractivity contribution >= 4 is 22.4 Å². The van der Waals surface area contributed by atoms with Gasteiger partial charge in [0, 0.05) is 16.6 Å². The van der Waals surface area contributed by atoms with Crippen LogP contribution < -0.4 is 11.1 Å². The minimum absolute atomic E-state index is 0.0276. The zero-order valence-corrected chi connectivity index (χ0v) is 12.0. The van der Waals surface area contributed by atoms with E-state index in [2.05, 4.69) is 5.32 Å². The van der Waals surface area contributed by atoms with Crippen LogP contribution in [0.5, 0.6) is 0 Å². The van der Waals surface area contributed by atoms with E-state index in [-0.39, 0.29) is 17.7 Å². The largest absolute Gasteiger partial charge is 0.399 e. The molecule has 1 saturated carbocycles. The first-order valence-corrected chi connectivity index (χ1v) is 7.92. The van der Waals surface area contributed by atoms with Gasteiger partial charge < -0.3 is 11.1 Å². The van der Waals surface area contributed by atoms with Crippen LogP contribution >= 0.6 is 0 Å². The molecule has 0 aliphatic heterocycles. The van der Waals surface area contributed by atoms with E-state index in [1.165, 1.54) is 12.8 Å². The molecule has 0 heterocycles. The summed E-state index contributed by atoms with van der Waals surface area (Å²) in [5.74, 6) is -0.0976. The van der Waals surface area contributed by atoms with Gasteiger partial charge >= 0.3 is 0 Å². The quantitative estimate of drug-likeness (QED) is 0.825. The van der Waals surface area contributed by atoms with Gasteiger partial charge in [-0.1, -0.05) is 12.8 Å². The smallest absolute Gasteiger partial charge is 0.233 e. The third kappa shape index (κ3) is 3.80. The van der Waals surface area contributed by atoms with Crippen LogP contribution in [0.3, 0.4) is 0 Å². The van der Waals surface area contributed by atoms with Crippen LogP contribution in [0, 0.1) is 6.92 Å². The molecule has 0 bridgehead atoms. The zero-order valence-electron chi connectivity index (χ0n) is 11.1. The molecule has 0 radical (unpaired) electrons. The summed E-state index contributed by atoms with van der Waals surface area (Å²) in [7, 11) is -1.30. The number of rotatable bonds is 4. The predicted octanol–water partition coefficient (Wildman–Crippen LogP) is 1.74. The van der Waals surface area contributed by atoms with E-state index in [1.807, 2.05) is 6.92 Å². The van der Waals surface area contributed by atoms with Crippen molar-refractivity contribution in [3.8, 4) is 0 Å². The van der Waals surface area contributed by atoms with E-state index in [4.69, 9.17) is 5.73 Å². The maximum Gasteiger partial charge on any atom is 0.233 e. The number of carbonyl (C=O) groups excluding carboxylic acids is 1. The first-order chi connectivity index (χ1) is 9.06. The van der Waals surface area contributed by atoms with Gasteiger partial charge in [0.25, 0.3) is 0 Å². The molecule has 1 atom stereocenters. The number of amides is 1. The molecule has 3 N–H and O–H groups in total. The maximum absolute atomic E-state index is 12.1. The maximum atomic E-state index is 12.1. The van der Waals surface area contributed by atoms with Crippen LogP contribution in [0.2, 0.25) is 0 Å². The number of benzene rings is 1. The lowest BCUT2D eigenvalue weighted by molar-refractivity contribution is -0.119. The average molecular weight is 280 g/mol. The SMILES string of the molecule is Cc1cc(S(=O)CC(=O)NC2CCCC2)ccc1N. The fourth-order valence-electron chi connectivity index (χ4n) is 2.33. The van der Waals surface area contributed by atoms with E-state index < -0.39 is 10.8 Å². The third-order valence-electron chi connectivity index (χ3n) is 3.49. The predicted molar refractivity (Wildman–Crippen MR) is 77.3 cm³/mol. The molecular weight excluding hydrogens is 260 g/mol. The first kappa shape index (κ1) is 14.1. The van der Waals surface area contributed by atoms with E-state index >= 15 is 0 Å². The molecule has 1 amide bonds. The second kappa shape index (κ2) is 6.19. The molecule has 0 spiro atoms. The molecule has 0 saturated heterocycles. The van der Waals surface area contributed by atoms with Gasteiger partial charge in [0.15, 0.2) is 0 Å². The van der Waals surface area contributed by atoms with Gasteiger partial charge in [0.05, 0.1) is 10.8 Å². The van der Waals surface area contributed by atoms with Crippen LogP contribution in [0.25, 0.3) is 0 Å². The van der Waals surface area contributed by atoms with Crippen molar-refractivity contribution in [1.82, 2.24) is 5.32 Å². The van der Waals surface area contributed by atoms with Crippen molar-refractivity contribution in [2.24, 2.45) is 0 Å². The van der Waals surface area contributed by atoms with Crippen LogP contribution in [0.4, 0.5) is 5.69 Å². The van der Waals surface area contributed by atoms with E-state index in [0.29, 0.717) is 10.6 Å². The molecule has 1 aromatic carbocycles. The minimum Gasteiger partial charge on any atom is -0.399 e. The Morgan fingerprint density at radius 1 is 1.42 bits per heavy atom. The summed E-state index contributed by atoms with van der Waals surface area (Å²) in [6, 6.07) is 5.52. The van der Waals surface area contributed by atoms with Crippen molar-refractivity contribution in [3.63, 3.8) is 0 Å². The van der Waals surface area contributed by atoms with Gasteiger partial charge in [-0.25, -0.2) is 0 Å². The Balaban J connectivity index is 1.92. The fraction of sp³-hybridized carbons (Fsp3) is 0.500. The lowest BCUT2D eigenvalue weighted by Crippen LogP contribution is -2.35. The van der Waals surface area contributed by atoms with Crippen molar-refractivity contribution in [2.75, 3.05) is 11.5 Å². The fourth-order valence-corrected chi connectivity index (χ4v) is 3.35. The Kier molecular flexibility index (Phi) is 4.58. The summed E-state index contributed by atoms with van der Waals surface area (Å²) in [6.45, 7) is 1.87. The zero-order chi connectivity index (χ0) is 13.8. The van der Waals surface area contributed by atoms with Gasteiger partial charge in [-0.2, -0.15) is 0 Å². The van der Waals surface area contributed by atoms with Crippen molar-refractivity contribution < 1.29 is 9.00 Å². The molecule has 1 aromatic rings. The Hall–Kier alpha value is -1.36. The lowest BCUT2D eigenvalue weighted by atomic mass is 10.2. The molecule has 104 valence electrons. The second-order valence-electron chi connectivity index (χ2n) is 5.06. The van der Waals surface area contributed by atoms with Gasteiger partial charge in [-0.15, -0.1) is 0 Å². The van der Waals surface area contributed by atoms with Crippen molar-refractivity contribution in [2.45, 2.75) is 43.5 Å². The number of carbonyl (C=O) groups is 1. The Morgan fingerprint density at radius 3 is 2.74 bits per heavy atom. The second-order valence-corrected chi connectivity index (χ2v) is 6.51. The Bertz CT molecular complexity index is 496. The summed E-state index contributed by atoms with van der Waals surface area (Å²) in [5.41, 5.74) is 7.29. The number of nitrogens with two attached hydrogens (primary N) is 1. The van der Waals surface area contributed by atoms with Gasteiger partial charge in [0.2, 0.25) is 5.91 Å². The highest BCUT2D eigenvalue weighted by Gasteiger charge is 2.18. The number of hydrogen-bond donors (Lipinski definition) is 2. The van der Waals surface area contributed by atoms with Gasteiger partial charge in [-0.3, -0.25) is 9.00 Å². The molecule has 0 aromatic heterocycles. The highest BCUT2D eigenvalue weighted by atomic mass is 32.2. The lowest BCUT2D eigenvalue weighted by Gasteiger charge is -2.11. The Labute approximate surface area is 116 Å². The van der Waals surface area contributed by atoms with E-state index in [9.17, 15) is 9.00 Å². The van der Waals surface area contributed by atoms with E-state index in [0.717, 1.165) is 18.4 Å². The number of nitrogens with one attached hydrogen (secondary N) is 1. The summed E-state index contributed by atoms with van der Waals surface area (Å²) in [4.78, 5) is 12.5. The van der Waals surface area contributed by atoms with Crippen LogP contribution in [-0.4, -0.2) is 21.9 Å². The van der Waals surface area contributed by atoms with E-state index in [1.54, 1.807) is 18.2 Å². The standard InChI is InChI=1S/C14H20N2O2S/c1-10-8-12(6-7-13(10)15)19(18)9-14(17)16-11-4-2-3-5-11/h6-8,11H,2-5,9,15H2,1H3,(H,16,17). The normalized spacial score (nSPS) is 17.3. The summed E-state index contributed by atoms with van der Waals surface area (Å²) >= 11 is 0. The third-order valence-corrected chi connectivity index (χ3v) is 4.79. The van der Waals surface area contributed by atoms with Crippen molar-refractivity contribution in [1.29, 1.82) is 0 Å². The monoisotopic (exact) mass is 280 g/mol. The summed E-state index contributed by atoms with van der Waals surface area (Å²) in [6.07, 6.45) is 4.43. The molecule has 1 fully saturated rings. The highest BCUT2D eigenvalue weighted by molar-refractivity contribution is 7.85. The molecule has 1 aliphatic carbocycles. The van der Waals surface area contributed by atoms with Gasteiger partial charge in [-0.05, 0) is 43.5 Å². The van der Waals surface area contributed by atoms with Crippen molar-refractivity contribution in [3.05, 3.63) is 23.8 Å².